The summed E-state index contributed by atoms with van der Waals surface area (Å²) in [6.45, 7) is 11.1. The molecule has 0 saturated carbocycles. The Hall–Kier alpha value is -3.05. The van der Waals surface area contributed by atoms with Crippen molar-refractivity contribution in [2.45, 2.75) is 80.9 Å². The number of nitrogens with zero attached hydrogens (tertiary/aromatic N) is 2. The first-order chi connectivity index (χ1) is 19.5. The second-order valence-corrected chi connectivity index (χ2v) is 14.9. The third-order valence-electron chi connectivity index (χ3n) is 8.43. The van der Waals surface area contributed by atoms with E-state index in [-0.39, 0.29) is 9.79 Å². The summed E-state index contributed by atoms with van der Waals surface area (Å²) >= 11 is 0. The second-order valence-electron chi connectivity index (χ2n) is 12.0. The van der Waals surface area contributed by atoms with Crippen LogP contribution < -0.4 is 4.90 Å². The van der Waals surface area contributed by atoms with Gasteiger partial charge in [-0.05, 0) is 62.2 Å². The largest absolute Gasteiger partial charge is 0.347 e. The van der Waals surface area contributed by atoms with E-state index in [2.05, 4.69) is 31.4 Å². The SMILES string of the molecule is CCCCCC[N+]1=C(/C=C/C=C/C=C2/N(C)c3ccc(S(=O)(=O)O)cc3C2(C)C)C(C)(C)c2cc(S(=O)(=O)O)ccc21. The van der Waals surface area contributed by atoms with E-state index in [1.807, 2.05) is 50.1 Å². The lowest BCUT2D eigenvalue weighted by Crippen LogP contribution is -2.28. The molecule has 226 valence electrons. The van der Waals surface area contributed by atoms with Crippen molar-refractivity contribution in [2.75, 3.05) is 18.5 Å². The third-order valence-corrected chi connectivity index (χ3v) is 10.1. The molecule has 2 aromatic rings. The minimum atomic E-state index is -4.32. The maximum atomic E-state index is 11.9. The molecule has 0 atom stereocenters. The number of hydrogen-bond donors (Lipinski definition) is 2. The van der Waals surface area contributed by atoms with Crippen LogP contribution in [-0.4, -0.2) is 49.8 Å². The summed E-state index contributed by atoms with van der Waals surface area (Å²) in [5, 5.41) is 0. The molecule has 42 heavy (non-hydrogen) atoms. The predicted molar refractivity (Wildman–Crippen MR) is 167 cm³/mol. The zero-order chi connectivity index (χ0) is 31.1. The highest BCUT2D eigenvalue weighted by atomic mass is 32.2. The minimum Gasteiger partial charge on any atom is -0.347 e. The highest BCUT2D eigenvalue weighted by Crippen LogP contribution is 2.47. The topological polar surface area (TPSA) is 115 Å². The van der Waals surface area contributed by atoms with Crippen LogP contribution in [0.4, 0.5) is 11.4 Å². The number of allylic oxidation sites excluding steroid dienone is 6. The number of anilines is 1. The number of benzene rings is 2. The molecular weight excluding hydrogens is 572 g/mol. The molecule has 2 aromatic carbocycles. The first-order valence-electron chi connectivity index (χ1n) is 14.2. The maximum absolute atomic E-state index is 11.9. The number of likely N-dealkylation sites (N-methyl/N-ethyl adjacent to an activating group) is 1. The normalized spacial score (nSPS) is 19.0. The zero-order valence-corrected chi connectivity index (χ0v) is 26.8. The Morgan fingerprint density at radius 1 is 0.810 bits per heavy atom. The van der Waals surface area contributed by atoms with Crippen LogP contribution in [0.5, 0.6) is 0 Å². The average molecular weight is 614 g/mol. The van der Waals surface area contributed by atoms with Crippen LogP contribution in [0.25, 0.3) is 0 Å². The molecule has 0 unspecified atom stereocenters. The van der Waals surface area contributed by atoms with Crippen LogP contribution in [-0.2, 0) is 31.1 Å². The number of fused-ring (bicyclic) bond motifs is 2. The van der Waals surface area contributed by atoms with Crippen LogP contribution in [0.1, 0.15) is 71.4 Å². The summed E-state index contributed by atoms with van der Waals surface area (Å²) < 4.78 is 68.6. The molecule has 0 aromatic heterocycles. The Balaban J connectivity index is 1.64. The van der Waals surface area contributed by atoms with Gasteiger partial charge in [-0.2, -0.15) is 21.4 Å². The third kappa shape index (κ3) is 6.04. The fourth-order valence-corrected chi connectivity index (χ4v) is 7.10. The van der Waals surface area contributed by atoms with Crippen LogP contribution in [0.2, 0.25) is 0 Å². The van der Waals surface area contributed by atoms with E-state index in [9.17, 15) is 25.9 Å². The molecule has 0 saturated heterocycles. The molecular formula is C32H41N2O6S2+. The van der Waals surface area contributed by atoms with E-state index in [0.717, 1.165) is 66.1 Å². The van der Waals surface area contributed by atoms with Crippen molar-refractivity contribution in [2.24, 2.45) is 0 Å². The number of rotatable bonds is 10. The van der Waals surface area contributed by atoms with Gasteiger partial charge in [-0.1, -0.05) is 51.8 Å². The Bertz CT molecular complexity index is 1730. The van der Waals surface area contributed by atoms with Crippen molar-refractivity contribution in [3.63, 3.8) is 0 Å². The molecule has 2 aliphatic rings. The Morgan fingerprint density at radius 2 is 1.43 bits per heavy atom. The Morgan fingerprint density at radius 3 is 2.05 bits per heavy atom. The van der Waals surface area contributed by atoms with E-state index in [4.69, 9.17) is 0 Å². The Labute approximate surface area is 250 Å². The standard InChI is InChI=1S/C32H40N2O6S2/c1-7-8-9-13-20-34-28-19-17-24(42(38,39)40)22-26(28)32(4,5)30(34)15-12-10-11-14-29-31(2,3)25-21-23(41(35,36)37)16-18-27(25)33(29)6/h10-12,14-19,21-22H,7-9,13,20H2,1-6H3,(H-,35,36,37,38,39,40)/p+1. The lowest BCUT2D eigenvalue weighted by Gasteiger charge is -2.23. The van der Waals surface area contributed by atoms with Gasteiger partial charge >= 0.3 is 0 Å². The van der Waals surface area contributed by atoms with Gasteiger partial charge in [0.05, 0.1) is 15.2 Å². The van der Waals surface area contributed by atoms with Crippen molar-refractivity contribution in [3.8, 4) is 0 Å². The fourth-order valence-electron chi connectivity index (χ4n) is 6.09. The van der Waals surface area contributed by atoms with Crippen molar-refractivity contribution in [1.82, 2.24) is 0 Å². The van der Waals surface area contributed by atoms with Crippen LogP contribution in [0.15, 0.2) is 82.3 Å². The summed E-state index contributed by atoms with van der Waals surface area (Å²) in [6.07, 6.45) is 14.3. The van der Waals surface area contributed by atoms with E-state index in [1.54, 1.807) is 18.2 Å². The second kappa shape index (κ2) is 11.6. The van der Waals surface area contributed by atoms with Crippen molar-refractivity contribution < 1.29 is 30.5 Å². The van der Waals surface area contributed by atoms with Gasteiger partial charge in [0.25, 0.3) is 20.2 Å². The smallest absolute Gasteiger partial charge is 0.294 e. The van der Waals surface area contributed by atoms with Crippen LogP contribution in [0, 0.1) is 0 Å². The van der Waals surface area contributed by atoms with Gasteiger partial charge in [-0.15, -0.1) is 0 Å². The molecule has 0 amide bonds. The molecule has 0 fully saturated rings. The molecule has 0 radical (unpaired) electrons. The monoisotopic (exact) mass is 613 g/mol. The molecule has 2 N–H and O–H groups in total. The van der Waals surface area contributed by atoms with Crippen molar-refractivity contribution >= 4 is 37.3 Å². The number of hydrogen-bond acceptors (Lipinski definition) is 5. The van der Waals surface area contributed by atoms with Gasteiger partial charge < -0.3 is 4.90 Å². The molecule has 0 bridgehead atoms. The average Bonchev–Trinajstić information content (AvgIpc) is 3.23. The van der Waals surface area contributed by atoms with Gasteiger partial charge in [-0.3, -0.25) is 9.11 Å². The summed E-state index contributed by atoms with van der Waals surface area (Å²) in [6, 6.07) is 9.47. The molecule has 0 aliphatic carbocycles. The Kier molecular flexibility index (Phi) is 8.77. The fraction of sp³-hybridized carbons (Fsp3) is 0.406. The molecule has 8 nitrogen and oxygen atoms in total. The van der Waals surface area contributed by atoms with E-state index in [0.29, 0.717) is 0 Å². The predicted octanol–water partition coefficient (Wildman–Crippen LogP) is 6.56. The minimum absolute atomic E-state index is 0.106. The molecule has 4 rings (SSSR count). The lowest BCUT2D eigenvalue weighted by molar-refractivity contribution is -0.438. The van der Waals surface area contributed by atoms with Crippen molar-refractivity contribution in [3.05, 3.63) is 83.6 Å². The van der Waals surface area contributed by atoms with E-state index in [1.165, 1.54) is 18.2 Å². The van der Waals surface area contributed by atoms with Gasteiger partial charge in [0.2, 0.25) is 5.69 Å². The summed E-state index contributed by atoms with van der Waals surface area (Å²) in [5.41, 5.74) is 4.56. The summed E-state index contributed by atoms with van der Waals surface area (Å²) in [5.74, 6) is 0. The van der Waals surface area contributed by atoms with E-state index < -0.39 is 31.1 Å². The highest BCUT2D eigenvalue weighted by Gasteiger charge is 2.44. The first-order valence-corrected chi connectivity index (χ1v) is 17.1. The molecule has 2 aliphatic heterocycles. The maximum Gasteiger partial charge on any atom is 0.294 e. The van der Waals surface area contributed by atoms with Gasteiger partial charge in [0, 0.05) is 48.0 Å². The summed E-state index contributed by atoms with van der Waals surface area (Å²) in [4.78, 5) is 1.79. The summed E-state index contributed by atoms with van der Waals surface area (Å²) in [7, 11) is -6.69. The lowest BCUT2D eigenvalue weighted by atomic mass is 9.81. The van der Waals surface area contributed by atoms with Crippen LogP contribution in [0.3, 0.4) is 0 Å². The van der Waals surface area contributed by atoms with Gasteiger partial charge in [0.15, 0.2) is 5.71 Å². The highest BCUT2D eigenvalue weighted by molar-refractivity contribution is 7.86. The number of unbranched alkanes of at least 4 members (excludes halogenated alkanes) is 3. The van der Waals surface area contributed by atoms with Gasteiger partial charge in [-0.25, -0.2) is 0 Å². The van der Waals surface area contributed by atoms with E-state index >= 15 is 0 Å². The first kappa shape index (κ1) is 31.9. The molecule has 10 heteroatoms. The zero-order valence-electron chi connectivity index (χ0n) is 25.1. The van der Waals surface area contributed by atoms with Crippen LogP contribution >= 0.6 is 0 Å². The van der Waals surface area contributed by atoms with Gasteiger partial charge in [0.1, 0.15) is 6.54 Å². The molecule has 2 heterocycles. The quantitative estimate of drug-likeness (QED) is 0.135. The van der Waals surface area contributed by atoms with Crippen molar-refractivity contribution in [1.29, 1.82) is 0 Å². The molecule has 0 spiro atoms.